The molecule has 112 valence electrons. The van der Waals surface area contributed by atoms with E-state index in [2.05, 4.69) is 5.32 Å². The quantitative estimate of drug-likeness (QED) is 0.833. The number of urea groups is 1. The molecular formula is C13H14ClN3O4. The zero-order valence-electron chi connectivity index (χ0n) is 11.3. The van der Waals surface area contributed by atoms with Crippen LogP contribution in [0.4, 0.5) is 10.5 Å². The average molecular weight is 312 g/mol. The second-order valence-corrected chi connectivity index (χ2v) is 4.45. The van der Waals surface area contributed by atoms with Gasteiger partial charge in [-0.15, -0.1) is 0 Å². The van der Waals surface area contributed by atoms with Crippen LogP contribution in [0.2, 0.25) is 5.02 Å². The number of carbonyl (C=O) groups excluding carboxylic acids is 1. The van der Waals surface area contributed by atoms with Crippen molar-refractivity contribution >= 4 is 29.3 Å². The van der Waals surface area contributed by atoms with Gasteiger partial charge in [-0.25, -0.2) is 4.79 Å². The number of rotatable bonds is 6. The molecule has 0 radical (unpaired) electrons. The molecule has 1 aromatic rings. The lowest BCUT2D eigenvalue weighted by atomic mass is 10.2. The molecule has 0 bridgehead atoms. The van der Waals surface area contributed by atoms with E-state index >= 15 is 0 Å². The van der Waals surface area contributed by atoms with E-state index in [1.165, 1.54) is 25.3 Å². The summed E-state index contributed by atoms with van der Waals surface area (Å²) in [5, 5.41) is 20.4. The third-order valence-electron chi connectivity index (χ3n) is 2.52. The van der Waals surface area contributed by atoms with Gasteiger partial charge in [-0.2, -0.15) is 5.26 Å². The Hall–Kier alpha value is -2.30. The molecule has 0 aromatic heterocycles. The summed E-state index contributed by atoms with van der Waals surface area (Å²) in [7, 11) is 1.45. The van der Waals surface area contributed by atoms with Crippen LogP contribution in [0.1, 0.15) is 5.56 Å². The van der Waals surface area contributed by atoms with Crippen molar-refractivity contribution in [3.63, 3.8) is 0 Å². The van der Waals surface area contributed by atoms with E-state index in [0.29, 0.717) is 5.56 Å². The molecule has 0 saturated carbocycles. The van der Waals surface area contributed by atoms with Crippen molar-refractivity contribution in [2.75, 3.05) is 32.1 Å². The number of aliphatic carboxylic acids is 1. The first-order chi connectivity index (χ1) is 9.97. The molecule has 0 spiro atoms. The van der Waals surface area contributed by atoms with Crippen molar-refractivity contribution in [2.24, 2.45) is 0 Å². The smallest absolute Gasteiger partial charge is 0.323 e. The maximum Gasteiger partial charge on any atom is 0.323 e. The van der Waals surface area contributed by atoms with Crippen molar-refractivity contribution < 1.29 is 19.4 Å². The largest absolute Gasteiger partial charge is 0.480 e. The van der Waals surface area contributed by atoms with Crippen LogP contribution in [0.25, 0.3) is 0 Å². The molecule has 7 nitrogen and oxygen atoms in total. The lowest BCUT2D eigenvalue weighted by Gasteiger charge is -2.21. The number of hydrogen-bond donors (Lipinski definition) is 2. The summed E-state index contributed by atoms with van der Waals surface area (Å²) in [6.45, 7) is -0.151. The van der Waals surface area contributed by atoms with Gasteiger partial charge in [0.05, 0.1) is 28.9 Å². The van der Waals surface area contributed by atoms with Crippen molar-refractivity contribution in [1.29, 1.82) is 5.26 Å². The molecule has 2 amide bonds. The molecule has 1 rings (SSSR count). The highest BCUT2D eigenvalue weighted by atomic mass is 35.5. The minimum Gasteiger partial charge on any atom is -0.480 e. The lowest BCUT2D eigenvalue weighted by Crippen LogP contribution is -2.40. The van der Waals surface area contributed by atoms with Crippen molar-refractivity contribution in [3.8, 4) is 6.07 Å². The molecule has 0 unspecified atom stereocenters. The zero-order chi connectivity index (χ0) is 15.8. The molecule has 2 N–H and O–H groups in total. The average Bonchev–Trinajstić information content (AvgIpc) is 2.45. The number of ether oxygens (including phenoxy) is 1. The minimum absolute atomic E-state index is 0.115. The van der Waals surface area contributed by atoms with Gasteiger partial charge in [-0.3, -0.25) is 4.79 Å². The first kappa shape index (κ1) is 16.8. The van der Waals surface area contributed by atoms with E-state index in [1.807, 2.05) is 6.07 Å². The van der Waals surface area contributed by atoms with E-state index in [-0.39, 0.29) is 23.9 Å². The second-order valence-electron chi connectivity index (χ2n) is 4.04. The standard InChI is InChI=1S/C13H14ClN3O4/c1-21-5-4-17(8-12(18)19)13(20)16-11-6-9(7-15)2-3-10(11)14/h2-3,6H,4-5,8H2,1H3,(H,16,20)(H,18,19). The highest BCUT2D eigenvalue weighted by Gasteiger charge is 2.17. The molecule has 0 aliphatic carbocycles. The maximum atomic E-state index is 12.1. The number of nitrogens with zero attached hydrogens (tertiary/aromatic N) is 2. The Labute approximate surface area is 126 Å². The molecule has 0 aliphatic heterocycles. The molecule has 0 fully saturated rings. The number of anilines is 1. The first-order valence-corrected chi connectivity index (χ1v) is 6.32. The fourth-order valence-corrected chi connectivity index (χ4v) is 1.67. The number of benzene rings is 1. The summed E-state index contributed by atoms with van der Waals surface area (Å²) in [4.78, 5) is 23.9. The zero-order valence-corrected chi connectivity index (χ0v) is 12.1. The number of carbonyl (C=O) groups is 2. The number of carboxylic acids is 1. The Morgan fingerprint density at radius 2 is 2.24 bits per heavy atom. The van der Waals surface area contributed by atoms with Crippen LogP contribution in [0, 0.1) is 11.3 Å². The minimum atomic E-state index is -1.14. The second kappa shape index (κ2) is 8.09. The van der Waals surface area contributed by atoms with Gasteiger partial charge in [0.2, 0.25) is 0 Å². The number of nitriles is 1. The Morgan fingerprint density at radius 1 is 1.52 bits per heavy atom. The highest BCUT2D eigenvalue weighted by molar-refractivity contribution is 6.33. The van der Waals surface area contributed by atoms with Gasteiger partial charge in [-0.05, 0) is 18.2 Å². The van der Waals surface area contributed by atoms with Crippen molar-refractivity contribution in [3.05, 3.63) is 28.8 Å². The monoisotopic (exact) mass is 311 g/mol. The Balaban J connectivity index is 2.85. The van der Waals surface area contributed by atoms with Gasteiger partial charge in [-0.1, -0.05) is 11.6 Å². The van der Waals surface area contributed by atoms with E-state index in [4.69, 9.17) is 26.7 Å². The first-order valence-electron chi connectivity index (χ1n) is 5.94. The van der Waals surface area contributed by atoms with Crippen LogP contribution in [-0.2, 0) is 9.53 Å². The lowest BCUT2D eigenvalue weighted by molar-refractivity contribution is -0.137. The Kier molecular flexibility index (Phi) is 6.46. The Bertz CT molecular complexity index is 571. The van der Waals surface area contributed by atoms with E-state index in [1.54, 1.807) is 0 Å². The van der Waals surface area contributed by atoms with Crippen LogP contribution < -0.4 is 5.32 Å². The predicted molar refractivity (Wildman–Crippen MR) is 76.3 cm³/mol. The molecular weight excluding hydrogens is 298 g/mol. The van der Waals surface area contributed by atoms with Crippen LogP contribution in [0.5, 0.6) is 0 Å². The predicted octanol–water partition coefficient (Wildman–Crippen LogP) is 1.78. The van der Waals surface area contributed by atoms with Crippen molar-refractivity contribution in [2.45, 2.75) is 0 Å². The molecule has 8 heteroatoms. The summed E-state index contributed by atoms with van der Waals surface area (Å²) < 4.78 is 4.83. The summed E-state index contributed by atoms with van der Waals surface area (Å²) in [6.07, 6.45) is 0. The fourth-order valence-electron chi connectivity index (χ4n) is 1.50. The third-order valence-corrected chi connectivity index (χ3v) is 2.85. The molecule has 0 saturated heterocycles. The fraction of sp³-hybridized carbons (Fsp3) is 0.308. The summed E-state index contributed by atoms with van der Waals surface area (Å²) in [6, 6.07) is 5.70. The van der Waals surface area contributed by atoms with E-state index in [0.717, 1.165) is 4.90 Å². The third kappa shape index (κ3) is 5.30. The summed E-state index contributed by atoms with van der Waals surface area (Å²) in [5.74, 6) is -1.14. The van der Waals surface area contributed by atoms with Gasteiger partial charge in [0.15, 0.2) is 0 Å². The summed E-state index contributed by atoms with van der Waals surface area (Å²) in [5.41, 5.74) is 0.574. The van der Waals surface area contributed by atoms with Gasteiger partial charge >= 0.3 is 12.0 Å². The summed E-state index contributed by atoms with van der Waals surface area (Å²) >= 11 is 5.93. The SMILES string of the molecule is COCCN(CC(=O)O)C(=O)Nc1cc(C#N)ccc1Cl. The molecule has 0 heterocycles. The van der Waals surface area contributed by atoms with Gasteiger partial charge in [0, 0.05) is 13.7 Å². The van der Waals surface area contributed by atoms with Gasteiger partial charge in [0.25, 0.3) is 0 Å². The molecule has 0 aliphatic rings. The van der Waals surface area contributed by atoms with Gasteiger partial charge < -0.3 is 20.1 Å². The van der Waals surface area contributed by atoms with E-state index in [9.17, 15) is 9.59 Å². The Morgan fingerprint density at radius 3 is 2.81 bits per heavy atom. The van der Waals surface area contributed by atoms with E-state index < -0.39 is 18.5 Å². The number of hydrogen-bond acceptors (Lipinski definition) is 4. The van der Waals surface area contributed by atoms with Crippen LogP contribution >= 0.6 is 11.6 Å². The maximum absolute atomic E-state index is 12.1. The number of carboxylic acid groups (broad SMARTS) is 1. The number of halogens is 1. The topological polar surface area (TPSA) is 103 Å². The molecule has 1 aromatic carbocycles. The number of methoxy groups -OCH3 is 1. The van der Waals surface area contributed by atoms with Gasteiger partial charge in [0.1, 0.15) is 6.54 Å². The highest BCUT2D eigenvalue weighted by Crippen LogP contribution is 2.23. The number of nitrogens with one attached hydrogen (secondary N) is 1. The van der Waals surface area contributed by atoms with Crippen LogP contribution in [0.3, 0.4) is 0 Å². The normalized spacial score (nSPS) is 9.76. The molecule has 0 atom stereocenters. The number of amides is 2. The van der Waals surface area contributed by atoms with Crippen LogP contribution in [-0.4, -0.2) is 48.8 Å². The molecule has 21 heavy (non-hydrogen) atoms. The van der Waals surface area contributed by atoms with Crippen LogP contribution in [0.15, 0.2) is 18.2 Å². The van der Waals surface area contributed by atoms with Crippen molar-refractivity contribution in [1.82, 2.24) is 4.90 Å².